The topological polar surface area (TPSA) is 57.3 Å². The monoisotopic (exact) mass is 186 g/mol. The van der Waals surface area contributed by atoms with E-state index >= 15 is 0 Å². The van der Waals surface area contributed by atoms with E-state index in [0.29, 0.717) is 0 Å². The molecule has 66 valence electrons. The first-order valence-electron chi connectivity index (χ1n) is 3.34. The third-order valence-electron chi connectivity index (χ3n) is 1.000. The molecule has 0 atom stereocenters. The SMILES string of the molecule is CN(C)NC(=O)Nc1ccns1. The Hall–Kier alpha value is -1.14. The number of hydrazine groups is 1. The highest BCUT2D eigenvalue weighted by Crippen LogP contribution is 2.10. The molecule has 5 nitrogen and oxygen atoms in total. The van der Waals surface area contributed by atoms with Crippen LogP contribution >= 0.6 is 11.5 Å². The van der Waals surface area contributed by atoms with E-state index in [-0.39, 0.29) is 6.03 Å². The summed E-state index contributed by atoms with van der Waals surface area (Å²) in [6.07, 6.45) is 1.63. The number of amides is 2. The molecule has 1 rings (SSSR count). The second-order valence-electron chi connectivity index (χ2n) is 2.34. The molecule has 0 aromatic carbocycles. The molecule has 12 heavy (non-hydrogen) atoms. The van der Waals surface area contributed by atoms with Crippen LogP contribution in [0.3, 0.4) is 0 Å². The maximum Gasteiger partial charge on any atom is 0.334 e. The Kier molecular flexibility index (Phi) is 3.01. The highest BCUT2D eigenvalue weighted by molar-refractivity contribution is 7.10. The van der Waals surface area contributed by atoms with Crippen LogP contribution in [0.1, 0.15) is 0 Å². The Balaban J connectivity index is 2.37. The minimum absolute atomic E-state index is 0.260. The lowest BCUT2D eigenvalue weighted by atomic mass is 10.7. The first kappa shape index (κ1) is 8.95. The Morgan fingerprint density at radius 2 is 2.42 bits per heavy atom. The second kappa shape index (κ2) is 4.03. The molecule has 0 saturated carbocycles. The number of anilines is 1. The van der Waals surface area contributed by atoms with Crippen molar-refractivity contribution in [1.29, 1.82) is 0 Å². The zero-order chi connectivity index (χ0) is 8.97. The van der Waals surface area contributed by atoms with Crippen molar-refractivity contribution < 1.29 is 4.79 Å². The molecule has 0 aliphatic rings. The van der Waals surface area contributed by atoms with Crippen molar-refractivity contribution in [3.63, 3.8) is 0 Å². The molecule has 0 aliphatic heterocycles. The highest BCUT2D eigenvalue weighted by Gasteiger charge is 2.01. The van der Waals surface area contributed by atoms with E-state index in [2.05, 4.69) is 15.1 Å². The van der Waals surface area contributed by atoms with Crippen molar-refractivity contribution in [3.8, 4) is 0 Å². The molecule has 2 N–H and O–H groups in total. The lowest BCUT2D eigenvalue weighted by Gasteiger charge is -2.11. The normalized spacial score (nSPS) is 9.92. The highest BCUT2D eigenvalue weighted by atomic mass is 32.1. The van der Waals surface area contributed by atoms with E-state index in [1.807, 2.05) is 0 Å². The minimum atomic E-state index is -0.260. The summed E-state index contributed by atoms with van der Waals surface area (Å²) in [5.41, 5.74) is 2.54. The average Bonchev–Trinajstić information content (AvgIpc) is 2.37. The first-order valence-corrected chi connectivity index (χ1v) is 4.11. The van der Waals surface area contributed by atoms with Gasteiger partial charge in [0.2, 0.25) is 0 Å². The second-order valence-corrected chi connectivity index (χ2v) is 3.17. The fourth-order valence-corrected chi connectivity index (χ4v) is 1.12. The number of nitrogens with one attached hydrogen (secondary N) is 2. The van der Waals surface area contributed by atoms with Crippen LogP contribution in [0.15, 0.2) is 12.3 Å². The van der Waals surface area contributed by atoms with E-state index in [9.17, 15) is 4.79 Å². The van der Waals surface area contributed by atoms with Crippen LogP contribution in [0.2, 0.25) is 0 Å². The van der Waals surface area contributed by atoms with Crippen LogP contribution in [0.25, 0.3) is 0 Å². The smallest absolute Gasteiger partial charge is 0.297 e. The Bertz CT molecular complexity index is 246. The van der Waals surface area contributed by atoms with Gasteiger partial charge in [0.05, 0.1) is 0 Å². The Morgan fingerprint density at radius 3 is 2.92 bits per heavy atom. The molecule has 1 heterocycles. The summed E-state index contributed by atoms with van der Waals surface area (Å²) in [4.78, 5) is 11.0. The lowest BCUT2D eigenvalue weighted by molar-refractivity contribution is 0.224. The van der Waals surface area contributed by atoms with Gasteiger partial charge in [-0.3, -0.25) is 10.7 Å². The quantitative estimate of drug-likeness (QED) is 0.670. The van der Waals surface area contributed by atoms with Crippen LogP contribution in [0.5, 0.6) is 0 Å². The van der Waals surface area contributed by atoms with E-state index in [4.69, 9.17) is 0 Å². The largest absolute Gasteiger partial charge is 0.334 e. The van der Waals surface area contributed by atoms with Gasteiger partial charge in [-0.1, -0.05) is 0 Å². The Morgan fingerprint density at radius 1 is 1.67 bits per heavy atom. The van der Waals surface area contributed by atoms with Gasteiger partial charge in [-0.05, 0) is 17.6 Å². The summed E-state index contributed by atoms with van der Waals surface area (Å²) in [5, 5.41) is 4.91. The summed E-state index contributed by atoms with van der Waals surface area (Å²) in [7, 11) is 3.48. The van der Waals surface area contributed by atoms with Crippen molar-refractivity contribution in [1.82, 2.24) is 14.8 Å². The van der Waals surface area contributed by atoms with Crippen LogP contribution in [0, 0.1) is 0 Å². The number of carbonyl (C=O) groups excluding carboxylic acids is 1. The molecule has 1 aromatic heterocycles. The minimum Gasteiger partial charge on any atom is -0.297 e. The first-order chi connectivity index (χ1) is 5.68. The molecular formula is C6H10N4OS. The van der Waals surface area contributed by atoms with Crippen LogP contribution in [0.4, 0.5) is 9.80 Å². The number of hydrogen-bond donors (Lipinski definition) is 2. The van der Waals surface area contributed by atoms with Crippen molar-refractivity contribution in [2.45, 2.75) is 0 Å². The molecule has 0 bridgehead atoms. The molecule has 1 aromatic rings. The van der Waals surface area contributed by atoms with Gasteiger partial charge in [0, 0.05) is 20.3 Å². The van der Waals surface area contributed by atoms with Gasteiger partial charge in [-0.25, -0.2) is 9.80 Å². The van der Waals surface area contributed by atoms with Crippen LogP contribution in [-0.4, -0.2) is 29.5 Å². The molecule has 0 unspecified atom stereocenters. The van der Waals surface area contributed by atoms with Crippen molar-refractivity contribution >= 4 is 22.6 Å². The van der Waals surface area contributed by atoms with Gasteiger partial charge in [-0.2, -0.15) is 4.37 Å². The standard InChI is InChI=1S/C6H10N4OS/c1-10(2)9-6(11)8-5-3-4-7-12-5/h3-4H,1-2H3,(H2,8,9,11). The van der Waals surface area contributed by atoms with Crippen LogP contribution < -0.4 is 10.7 Å². The maximum absolute atomic E-state index is 11.0. The van der Waals surface area contributed by atoms with E-state index in [1.165, 1.54) is 11.5 Å². The zero-order valence-electron chi connectivity index (χ0n) is 6.87. The third kappa shape index (κ3) is 2.85. The number of rotatable bonds is 2. The van der Waals surface area contributed by atoms with Gasteiger partial charge < -0.3 is 0 Å². The summed E-state index contributed by atoms with van der Waals surface area (Å²) < 4.78 is 3.84. The van der Waals surface area contributed by atoms with Gasteiger partial charge in [0.15, 0.2) is 0 Å². The predicted octanol–water partition coefficient (Wildman–Crippen LogP) is 0.741. The summed E-state index contributed by atoms with van der Waals surface area (Å²) in [5.74, 6) is 0. The van der Waals surface area contributed by atoms with Crippen LogP contribution in [-0.2, 0) is 0 Å². The van der Waals surface area contributed by atoms with Gasteiger partial charge in [0.1, 0.15) is 5.00 Å². The number of urea groups is 1. The van der Waals surface area contributed by atoms with E-state index in [1.54, 1.807) is 31.4 Å². The molecule has 0 aliphatic carbocycles. The number of hydrogen-bond acceptors (Lipinski definition) is 4. The van der Waals surface area contributed by atoms with E-state index in [0.717, 1.165) is 5.00 Å². The number of nitrogens with zero attached hydrogens (tertiary/aromatic N) is 2. The molecule has 2 amide bonds. The summed E-state index contributed by atoms with van der Waals surface area (Å²) >= 11 is 1.24. The van der Waals surface area contributed by atoms with Crippen molar-refractivity contribution in [3.05, 3.63) is 12.3 Å². The van der Waals surface area contributed by atoms with E-state index < -0.39 is 0 Å². The third-order valence-corrected chi connectivity index (χ3v) is 1.66. The molecule has 0 fully saturated rings. The van der Waals surface area contributed by atoms with Gasteiger partial charge in [-0.15, -0.1) is 0 Å². The molecule has 0 radical (unpaired) electrons. The molecule has 0 spiro atoms. The summed E-state index contributed by atoms with van der Waals surface area (Å²) in [6, 6.07) is 1.48. The maximum atomic E-state index is 11.0. The molecule has 0 saturated heterocycles. The number of carbonyl (C=O) groups is 1. The molecular weight excluding hydrogens is 176 g/mol. The van der Waals surface area contributed by atoms with Gasteiger partial charge >= 0.3 is 6.03 Å². The molecule has 6 heteroatoms. The van der Waals surface area contributed by atoms with Gasteiger partial charge in [0.25, 0.3) is 0 Å². The fraction of sp³-hybridized carbons (Fsp3) is 0.333. The average molecular weight is 186 g/mol. The summed E-state index contributed by atoms with van der Waals surface area (Å²) in [6.45, 7) is 0. The predicted molar refractivity (Wildman–Crippen MR) is 48.0 cm³/mol. The Labute approximate surface area is 74.5 Å². The van der Waals surface area contributed by atoms with Crippen molar-refractivity contribution in [2.75, 3.05) is 19.4 Å². The van der Waals surface area contributed by atoms with Crippen molar-refractivity contribution in [2.24, 2.45) is 0 Å². The lowest BCUT2D eigenvalue weighted by Crippen LogP contribution is -2.38. The number of aromatic nitrogens is 1. The fourth-order valence-electron chi connectivity index (χ4n) is 0.623. The zero-order valence-corrected chi connectivity index (χ0v) is 7.68.